The lowest BCUT2D eigenvalue weighted by molar-refractivity contribution is -0.119. The Balaban J connectivity index is 0.00000361. The van der Waals surface area contributed by atoms with E-state index in [9.17, 15) is 4.79 Å². The highest BCUT2D eigenvalue weighted by Gasteiger charge is 2.09. The molecule has 6 heteroatoms. The lowest BCUT2D eigenvalue weighted by Crippen LogP contribution is -2.25. The Kier molecular flexibility index (Phi) is 8.56. The predicted octanol–water partition coefficient (Wildman–Crippen LogP) is 2.17. The van der Waals surface area contributed by atoms with Crippen LogP contribution in [0, 0.1) is 0 Å². The van der Waals surface area contributed by atoms with Crippen molar-refractivity contribution < 1.29 is 14.3 Å². The Hall–Kier alpha value is -1.62. The summed E-state index contributed by atoms with van der Waals surface area (Å²) >= 11 is 0. The van der Waals surface area contributed by atoms with Crippen LogP contribution in [0.15, 0.2) is 12.1 Å². The number of benzene rings is 1. The molecule has 3 N–H and O–H groups in total. The number of nitrogen functional groups attached to an aromatic ring is 1. The predicted molar refractivity (Wildman–Crippen MR) is 82.8 cm³/mol. The molecule has 114 valence electrons. The van der Waals surface area contributed by atoms with Crippen LogP contribution >= 0.6 is 12.4 Å². The Morgan fingerprint density at radius 3 is 2.60 bits per heavy atom. The summed E-state index contributed by atoms with van der Waals surface area (Å²) in [6.45, 7) is 4.40. The van der Waals surface area contributed by atoms with Gasteiger partial charge in [0.1, 0.15) is 6.61 Å². The molecule has 0 aliphatic rings. The molecule has 0 saturated carbocycles. The molecule has 20 heavy (non-hydrogen) atoms. The molecular formula is C14H23ClN2O3. The van der Waals surface area contributed by atoms with Crippen LogP contribution in [-0.4, -0.2) is 26.2 Å². The van der Waals surface area contributed by atoms with E-state index in [4.69, 9.17) is 15.2 Å². The van der Waals surface area contributed by atoms with E-state index < -0.39 is 0 Å². The summed E-state index contributed by atoms with van der Waals surface area (Å²) in [6.07, 6.45) is 1.93. The molecule has 0 aromatic heterocycles. The summed E-state index contributed by atoms with van der Waals surface area (Å²) in [6, 6.07) is 3.68. The third kappa shape index (κ3) is 5.57. The highest BCUT2D eigenvalue weighted by molar-refractivity contribution is 5.85. The van der Waals surface area contributed by atoms with Crippen molar-refractivity contribution in [3.05, 3.63) is 17.7 Å². The van der Waals surface area contributed by atoms with E-state index in [2.05, 4.69) is 12.2 Å². The summed E-state index contributed by atoms with van der Waals surface area (Å²) < 4.78 is 10.9. The van der Waals surface area contributed by atoms with Gasteiger partial charge in [0, 0.05) is 18.7 Å². The van der Waals surface area contributed by atoms with Crippen LogP contribution < -0.4 is 20.5 Å². The number of nitrogens with one attached hydrogen (secondary N) is 1. The van der Waals surface area contributed by atoms with Crippen molar-refractivity contribution in [1.82, 2.24) is 5.32 Å². The highest BCUT2D eigenvalue weighted by Crippen LogP contribution is 2.32. The topological polar surface area (TPSA) is 73.6 Å². The average Bonchev–Trinajstić information content (AvgIpc) is 2.37. The molecule has 5 nitrogen and oxygen atoms in total. The average molecular weight is 303 g/mol. The normalized spacial score (nSPS) is 9.55. The standard InChI is InChI=1S/C14H22N2O3.ClH/c1-4-5-11-8-13(18-3)14(9-12(11)15)19-7-6-16-10(2)17;/h8-9H,4-7,15H2,1-3H3,(H,16,17);1H. The summed E-state index contributed by atoms with van der Waals surface area (Å²) in [4.78, 5) is 10.7. The molecular weight excluding hydrogens is 280 g/mol. The third-order valence-electron chi connectivity index (χ3n) is 2.68. The third-order valence-corrected chi connectivity index (χ3v) is 2.68. The Morgan fingerprint density at radius 2 is 2.05 bits per heavy atom. The molecule has 1 aromatic rings. The Labute approximate surface area is 126 Å². The molecule has 1 amide bonds. The van der Waals surface area contributed by atoms with Crippen LogP contribution in [0.1, 0.15) is 25.8 Å². The zero-order valence-corrected chi connectivity index (χ0v) is 13.0. The minimum atomic E-state index is -0.0756. The molecule has 0 unspecified atom stereocenters. The number of ether oxygens (including phenoxy) is 2. The summed E-state index contributed by atoms with van der Waals surface area (Å²) in [5.74, 6) is 1.19. The summed E-state index contributed by atoms with van der Waals surface area (Å²) in [5, 5.41) is 2.66. The smallest absolute Gasteiger partial charge is 0.216 e. The largest absolute Gasteiger partial charge is 0.493 e. The van der Waals surface area contributed by atoms with Crippen LogP contribution in [0.4, 0.5) is 5.69 Å². The number of carbonyl (C=O) groups is 1. The van der Waals surface area contributed by atoms with Crippen molar-refractivity contribution in [1.29, 1.82) is 0 Å². The van der Waals surface area contributed by atoms with Gasteiger partial charge in [0.15, 0.2) is 11.5 Å². The molecule has 0 atom stereocenters. The fraction of sp³-hybridized carbons (Fsp3) is 0.500. The first-order valence-corrected chi connectivity index (χ1v) is 6.42. The number of halogens is 1. The number of anilines is 1. The zero-order chi connectivity index (χ0) is 14.3. The van der Waals surface area contributed by atoms with Crippen molar-refractivity contribution in [2.75, 3.05) is 26.0 Å². The van der Waals surface area contributed by atoms with Crippen molar-refractivity contribution >= 4 is 24.0 Å². The maximum atomic E-state index is 10.7. The summed E-state index contributed by atoms with van der Waals surface area (Å²) in [5.41, 5.74) is 7.75. The maximum absolute atomic E-state index is 10.7. The van der Waals surface area contributed by atoms with E-state index in [0.717, 1.165) is 18.4 Å². The monoisotopic (exact) mass is 302 g/mol. The van der Waals surface area contributed by atoms with Crippen molar-refractivity contribution in [2.24, 2.45) is 0 Å². The van der Waals surface area contributed by atoms with Gasteiger partial charge in [-0.2, -0.15) is 0 Å². The van der Waals surface area contributed by atoms with Gasteiger partial charge in [-0.05, 0) is 18.1 Å². The Morgan fingerprint density at radius 1 is 1.35 bits per heavy atom. The van der Waals surface area contributed by atoms with E-state index >= 15 is 0 Å². The van der Waals surface area contributed by atoms with Gasteiger partial charge in [-0.3, -0.25) is 4.79 Å². The first-order chi connectivity index (χ1) is 9.08. The minimum absolute atomic E-state index is 0. The lowest BCUT2D eigenvalue weighted by Gasteiger charge is -2.14. The van der Waals surface area contributed by atoms with Crippen molar-refractivity contribution in [3.8, 4) is 11.5 Å². The van der Waals surface area contributed by atoms with Crippen LogP contribution in [0.2, 0.25) is 0 Å². The van der Waals surface area contributed by atoms with Gasteiger partial charge in [0.2, 0.25) is 5.91 Å². The van der Waals surface area contributed by atoms with Gasteiger partial charge < -0.3 is 20.5 Å². The van der Waals surface area contributed by atoms with E-state index in [1.54, 1.807) is 13.2 Å². The van der Waals surface area contributed by atoms with Gasteiger partial charge >= 0.3 is 0 Å². The van der Waals surface area contributed by atoms with E-state index in [1.807, 2.05) is 6.07 Å². The molecule has 0 radical (unpaired) electrons. The highest BCUT2D eigenvalue weighted by atomic mass is 35.5. The second-order valence-electron chi connectivity index (χ2n) is 4.28. The molecule has 0 aliphatic carbocycles. The molecule has 0 aliphatic heterocycles. The minimum Gasteiger partial charge on any atom is -0.493 e. The van der Waals surface area contributed by atoms with Crippen LogP contribution in [0.3, 0.4) is 0 Å². The SMILES string of the molecule is CCCc1cc(OC)c(OCCNC(C)=O)cc1N.Cl. The van der Waals surface area contributed by atoms with Crippen molar-refractivity contribution in [2.45, 2.75) is 26.7 Å². The number of aryl methyl sites for hydroxylation is 1. The van der Waals surface area contributed by atoms with Gasteiger partial charge in [0.25, 0.3) is 0 Å². The molecule has 0 spiro atoms. The lowest BCUT2D eigenvalue weighted by atomic mass is 10.1. The van der Waals surface area contributed by atoms with Gasteiger partial charge in [-0.15, -0.1) is 12.4 Å². The van der Waals surface area contributed by atoms with Crippen LogP contribution in [0.25, 0.3) is 0 Å². The molecule has 0 bridgehead atoms. The number of methoxy groups -OCH3 is 1. The first kappa shape index (κ1) is 18.4. The summed E-state index contributed by atoms with van der Waals surface area (Å²) in [7, 11) is 1.60. The number of carbonyl (C=O) groups excluding carboxylic acids is 1. The number of hydrogen-bond acceptors (Lipinski definition) is 4. The second-order valence-corrected chi connectivity index (χ2v) is 4.28. The Bertz CT molecular complexity index is 439. The number of nitrogens with two attached hydrogens (primary N) is 1. The maximum Gasteiger partial charge on any atom is 0.216 e. The quantitative estimate of drug-likeness (QED) is 0.598. The number of rotatable bonds is 7. The number of hydrogen-bond donors (Lipinski definition) is 2. The molecule has 0 heterocycles. The van der Waals surface area contributed by atoms with Gasteiger partial charge in [0.05, 0.1) is 13.7 Å². The van der Waals surface area contributed by atoms with E-state index in [0.29, 0.717) is 30.3 Å². The molecule has 1 aromatic carbocycles. The molecule has 1 rings (SSSR count). The van der Waals surface area contributed by atoms with Gasteiger partial charge in [-0.1, -0.05) is 13.3 Å². The van der Waals surface area contributed by atoms with Gasteiger partial charge in [-0.25, -0.2) is 0 Å². The fourth-order valence-corrected chi connectivity index (χ4v) is 1.76. The first-order valence-electron chi connectivity index (χ1n) is 6.42. The zero-order valence-electron chi connectivity index (χ0n) is 12.2. The van der Waals surface area contributed by atoms with Crippen LogP contribution in [-0.2, 0) is 11.2 Å². The van der Waals surface area contributed by atoms with Crippen molar-refractivity contribution in [3.63, 3.8) is 0 Å². The van der Waals surface area contributed by atoms with E-state index in [1.165, 1.54) is 6.92 Å². The molecule has 0 saturated heterocycles. The second kappa shape index (κ2) is 9.31. The van der Waals surface area contributed by atoms with Crippen LogP contribution in [0.5, 0.6) is 11.5 Å². The molecule has 0 fully saturated rings. The fourth-order valence-electron chi connectivity index (χ4n) is 1.76. The number of amides is 1. The van der Waals surface area contributed by atoms with E-state index in [-0.39, 0.29) is 18.3 Å².